The third kappa shape index (κ3) is 8.73. The highest BCUT2D eigenvalue weighted by molar-refractivity contribution is 7.80. The van der Waals surface area contributed by atoms with Gasteiger partial charge in [-0.25, -0.2) is 4.79 Å². The lowest BCUT2D eigenvalue weighted by molar-refractivity contribution is -0.143. The maximum Gasteiger partial charge on any atom is 0.327 e. The molecule has 3 amide bonds. The Kier molecular flexibility index (Phi) is 10.4. The van der Waals surface area contributed by atoms with Gasteiger partial charge in [0.05, 0.1) is 12.5 Å². The molecule has 0 heterocycles. The van der Waals surface area contributed by atoms with Gasteiger partial charge in [-0.1, -0.05) is 13.8 Å². The lowest BCUT2D eigenvalue weighted by atomic mass is 10.0. The average Bonchev–Trinajstić information content (AvgIpc) is 2.56. The molecule has 0 aromatic rings. The largest absolute Gasteiger partial charge is 0.481 e. The second kappa shape index (κ2) is 11.4. The molecular formula is C15H26N4O7S. The van der Waals surface area contributed by atoms with Crippen LogP contribution in [0.25, 0.3) is 0 Å². The summed E-state index contributed by atoms with van der Waals surface area (Å²) in [6.45, 7) is 4.79. The van der Waals surface area contributed by atoms with E-state index in [4.69, 9.17) is 15.9 Å². The van der Waals surface area contributed by atoms with Crippen LogP contribution in [0.5, 0.6) is 0 Å². The first-order chi connectivity index (χ1) is 12.4. The molecule has 0 spiro atoms. The molecule has 154 valence electrons. The number of amides is 3. The van der Waals surface area contributed by atoms with Crippen molar-refractivity contribution < 1.29 is 34.2 Å². The summed E-state index contributed by atoms with van der Waals surface area (Å²) in [6, 6.07) is -4.82. The van der Waals surface area contributed by atoms with E-state index in [-0.39, 0.29) is 11.7 Å². The lowest BCUT2D eigenvalue weighted by Crippen LogP contribution is -2.57. The van der Waals surface area contributed by atoms with E-state index in [9.17, 15) is 24.0 Å². The van der Waals surface area contributed by atoms with Crippen LogP contribution in [-0.2, 0) is 24.0 Å². The van der Waals surface area contributed by atoms with E-state index in [0.29, 0.717) is 0 Å². The van der Waals surface area contributed by atoms with Gasteiger partial charge in [0.2, 0.25) is 17.7 Å². The van der Waals surface area contributed by atoms with Crippen molar-refractivity contribution in [1.82, 2.24) is 16.0 Å². The monoisotopic (exact) mass is 406 g/mol. The van der Waals surface area contributed by atoms with Crippen LogP contribution in [0.15, 0.2) is 0 Å². The highest BCUT2D eigenvalue weighted by atomic mass is 32.1. The van der Waals surface area contributed by atoms with E-state index in [2.05, 4.69) is 28.6 Å². The first kappa shape index (κ1) is 24.7. The smallest absolute Gasteiger partial charge is 0.327 e. The summed E-state index contributed by atoms with van der Waals surface area (Å²) < 4.78 is 0. The normalized spacial score (nSPS) is 15.2. The number of hydrogen-bond acceptors (Lipinski definition) is 7. The number of carboxylic acids is 2. The van der Waals surface area contributed by atoms with Crippen LogP contribution in [0, 0.1) is 5.92 Å². The molecule has 0 saturated heterocycles. The Morgan fingerprint density at radius 3 is 1.81 bits per heavy atom. The van der Waals surface area contributed by atoms with Crippen LogP contribution in [0.4, 0.5) is 0 Å². The SMILES string of the molecule is CC(NC(=O)C(N)C(C)C)C(=O)NC(CC(=O)O)C(=O)NC(CS)C(=O)O. The molecular weight excluding hydrogens is 380 g/mol. The minimum absolute atomic E-state index is 0.167. The predicted octanol–water partition coefficient (Wildman–Crippen LogP) is -2.07. The van der Waals surface area contributed by atoms with E-state index in [1.807, 2.05) is 0 Å². The van der Waals surface area contributed by atoms with Gasteiger partial charge in [-0.15, -0.1) is 0 Å². The first-order valence-electron chi connectivity index (χ1n) is 8.12. The van der Waals surface area contributed by atoms with Crippen molar-refractivity contribution in [2.75, 3.05) is 5.75 Å². The quantitative estimate of drug-likeness (QED) is 0.191. The number of carbonyl (C=O) groups is 5. The van der Waals surface area contributed by atoms with Gasteiger partial charge in [-0.2, -0.15) is 12.6 Å². The maximum absolute atomic E-state index is 12.2. The summed E-state index contributed by atoms with van der Waals surface area (Å²) in [7, 11) is 0. The van der Waals surface area contributed by atoms with Gasteiger partial charge in [0.15, 0.2) is 0 Å². The molecule has 0 saturated carbocycles. The van der Waals surface area contributed by atoms with Gasteiger partial charge in [0.1, 0.15) is 18.1 Å². The molecule has 0 aromatic heterocycles. The van der Waals surface area contributed by atoms with Crippen LogP contribution in [0.1, 0.15) is 27.2 Å². The molecule has 0 aliphatic carbocycles. The van der Waals surface area contributed by atoms with Gasteiger partial charge >= 0.3 is 11.9 Å². The van der Waals surface area contributed by atoms with Crippen molar-refractivity contribution in [2.24, 2.45) is 11.7 Å². The van der Waals surface area contributed by atoms with E-state index >= 15 is 0 Å². The van der Waals surface area contributed by atoms with Crippen molar-refractivity contribution >= 4 is 42.3 Å². The third-order valence-electron chi connectivity index (χ3n) is 3.58. The minimum Gasteiger partial charge on any atom is -0.481 e. The molecule has 11 nitrogen and oxygen atoms in total. The molecule has 0 aliphatic heterocycles. The minimum atomic E-state index is -1.53. The van der Waals surface area contributed by atoms with Crippen molar-refractivity contribution in [3.05, 3.63) is 0 Å². The predicted molar refractivity (Wildman–Crippen MR) is 98.0 cm³/mol. The fraction of sp³-hybridized carbons (Fsp3) is 0.667. The zero-order chi connectivity index (χ0) is 21.3. The number of carbonyl (C=O) groups excluding carboxylic acids is 3. The molecule has 0 aromatic carbocycles. The number of carboxylic acid groups (broad SMARTS) is 2. The number of nitrogens with two attached hydrogens (primary N) is 1. The van der Waals surface area contributed by atoms with Crippen molar-refractivity contribution in [3.8, 4) is 0 Å². The summed E-state index contributed by atoms with van der Waals surface area (Å²) in [5, 5.41) is 24.5. The van der Waals surface area contributed by atoms with Crippen LogP contribution in [0.2, 0.25) is 0 Å². The van der Waals surface area contributed by atoms with Gasteiger partial charge < -0.3 is 31.9 Å². The van der Waals surface area contributed by atoms with E-state index < -0.39 is 60.2 Å². The zero-order valence-electron chi connectivity index (χ0n) is 15.3. The zero-order valence-corrected chi connectivity index (χ0v) is 16.2. The van der Waals surface area contributed by atoms with Crippen LogP contribution in [0.3, 0.4) is 0 Å². The topological polar surface area (TPSA) is 188 Å². The van der Waals surface area contributed by atoms with Crippen molar-refractivity contribution in [1.29, 1.82) is 0 Å². The molecule has 0 fully saturated rings. The molecule has 0 rings (SSSR count). The number of thiol groups is 1. The fourth-order valence-electron chi connectivity index (χ4n) is 1.82. The molecule has 0 aliphatic rings. The fourth-order valence-corrected chi connectivity index (χ4v) is 2.06. The van der Waals surface area contributed by atoms with E-state index in [1.54, 1.807) is 13.8 Å². The Morgan fingerprint density at radius 1 is 0.889 bits per heavy atom. The van der Waals surface area contributed by atoms with Crippen LogP contribution in [-0.4, -0.2) is 69.8 Å². The second-order valence-electron chi connectivity index (χ2n) is 6.24. The Bertz CT molecular complexity index is 585. The molecule has 0 bridgehead atoms. The third-order valence-corrected chi connectivity index (χ3v) is 3.95. The molecule has 12 heteroatoms. The van der Waals surface area contributed by atoms with E-state index in [0.717, 1.165) is 0 Å². The molecule has 4 atom stereocenters. The molecule has 27 heavy (non-hydrogen) atoms. The Labute approximate surface area is 161 Å². The average molecular weight is 406 g/mol. The van der Waals surface area contributed by atoms with Gasteiger partial charge in [-0.3, -0.25) is 19.2 Å². The summed E-state index contributed by atoms with van der Waals surface area (Å²) in [4.78, 5) is 58.1. The summed E-state index contributed by atoms with van der Waals surface area (Å²) in [6.07, 6.45) is -0.775. The number of rotatable bonds is 11. The van der Waals surface area contributed by atoms with E-state index in [1.165, 1.54) is 6.92 Å². The molecule has 0 radical (unpaired) electrons. The highest BCUT2D eigenvalue weighted by Gasteiger charge is 2.30. The summed E-state index contributed by atoms with van der Waals surface area (Å²) >= 11 is 3.79. The summed E-state index contributed by atoms with van der Waals surface area (Å²) in [5.74, 6) is -5.53. The standard InChI is InChI=1S/C15H26N4O7S/c1-6(2)11(16)14(24)17-7(3)12(22)18-8(4-10(20)21)13(23)19-9(5-27)15(25)26/h6-9,11,27H,4-5,16H2,1-3H3,(H,17,24)(H,18,22)(H,19,23)(H,20,21)(H,25,26). The number of nitrogens with one attached hydrogen (secondary N) is 3. The Hall–Kier alpha value is -2.34. The van der Waals surface area contributed by atoms with Gasteiger partial charge in [0, 0.05) is 5.75 Å². The Balaban J connectivity index is 5.04. The van der Waals surface area contributed by atoms with Crippen molar-refractivity contribution in [2.45, 2.75) is 51.4 Å². The first-order valence-corrected chi connectivity index (χ1v) is 8.76. The Morgan fingerprint density at radius 2 is 1.41 bits per heavy atom. The highest BCUT2D eigenvalue weighted by Crippen LogP contribution is 2.00. The van der Waals surface area contributed by atoms with Gasteiger partial charge in [-0.05, 0) is 12.8 Å². The van der Waals surface area contributed by atoms with Gasteiger partial charge in [0.25, 0.3) is 0 Å². The maximum atomic E-state index is 12.2. The number of aliphatic carboxylic acids is 2. The molecule has 4 unspecified atom stereocenters. The van der Waals surface area contributed by atoms with Crippen molar-refractivity contribution in [3.63, 3.8) is 0 Å². The number of hydrogen-bond donors (Lipinski definition) is 7. The summed E-state index contributed by atoms with van der Waals surface area (Å²) in [5.41, 5.74) is 5.67. The lowest BCUT2D eigenvalue weighted by Gasteiger charge is -2.23. The second-order valence-corrected chi connectivity index (χ2v) is 6.61. The van der Waals surface area contributed by atoms with Crippen LogP contribution < -0.4 is 21.7 Å². The van der Waals surface area contributed by atoms with Crippen LogP contribution >= 0.6 is 12.6 Å². The molecule has 7 N–H and O–H groups in total.